The van der Waals surface area contributed by atoms with Crippen LogP contribution in [0.2, 0.25) is 0 Å². The SMILES string of the molecule is Cc1ccnc(N(C)C2CCOC2C)c1C(=O)O. The zero-order valence-corrected chi connectivity index (χ0v) is 10.9. The van der Waals surface area contributed by atoms with Gasteiger partial charge in [0.05, 0.1) is 12.1 Å². The summed E-state index contributed by atoms with van der Waals surface area (Å²) >= 11 is 0. The molecule has 0 radical (unpaired) electrons. The van der Waals surface area contributed by atoms with Crippen molar-refractivity contribution in [3.8, 4) is 0 Å². The van der Waals surface area contributed by atoms with E-state index in [2.05, 4.69) is 4.98 Å². The highest BCUT2D eigenvalue weighted by Gasteiger charge is 2.31. The molecule has 1 aliphatic heterocycles. The molecule has 1 N–H and O–H groups in total. The van der Waals surface area contributed by atoms with Gasteiger partial charge in [-0.05, 0) is 31.9 Å². The lowest BCUT2D eigenvalue weighted by atomic mass is 10.1. The number of hydrogen-bond donors (Lipinski definition) is 1. The van der Waals surface area contributed by atoms with Crippen molar-refractivity contribution in [2.75, 3.05) is 18.6 Å². The second-order valence-electron chi connectivity index (χ2n) is 4.67. The second kappa shape index (κ2) is 4.94. The van der Waals surface area contributed by atoms with E-state index in [-0.39, 0.29) is 17.7 Å². The Bertz CT molecular complexity index is 462. The number of likely N-dealkylation sites (N-methyl/N-ethyl adjacent to an activating group) is 1. The lowest BCUT2D eigenvalue weighted by Gasteiger charge is -2.29. The number of rotatable bonds is 3. The van der Waals surface area contributed by atoms with E-state index in [1.807, 2.05) is 18.9 Å². The first kappa shape index (κ1) is 12.8. The summed E-state index contributed by atoms with van der Waals surface area (Å²) in [5, 5.41) is 9.31. The summed E-state index contributed by atoms with van der Waals surface area (Å²) in [6.07, 6.45) is 2.64. The van der Waals surface area contributed by atoms with Crippen LogP contribution in [-0.2, 0) is 4.74 Å². The maximum absolute atomic E-state index is 11.3. The first-order valence-electron chi connectivity index (χ1n) is 6.05. The smallest absolute Gasteiger partial charge is 0.339 e. The van der Waals surface area contributed by atoms with Crippen LogP contribution in [0.15, 0.2) is 12.3 Å². The van der Waals surface area contributed by atoms with Crippen LogP contribution in [0.3, 0.4) is 0 Å². The topological polar surface area (TPSA) is 62.7 Å². The average Bonchev–Trinajstić information content (AvgIpc) is 2.73. The summed E-state index contributed by atoms with van der Waals surface area (Å²) in [6.45, 7) is 4.51. The van der Waals surface area contributed by atoms with Crippen molar-refractivity contribution in [1.82, 2.24) is 4.98 Å². The molecule has 1 aromatic heterocycles. The minimum Gasteiger partial charge on any atom is -0.478 e. The number of carbonyl (C=O) groups is 1. The van der Waals surface area contributed by atoms with Gasteiger partial charge in [-0.3, -0.25) is 0 Å². The Kier molecular flexibility index (Phi) is 3.52. The number of hydrogen-bond acceptors (Lipinski definition) is 4. The molecular formula is C13H18N2O3. The van der Waals surface area contributed by atoms with Gasteiger partial charge in [-0.25, -0.2) is 9.78 Å². The molecule has 98 valence electrons. The number of carboxylic acid groups (broad SMARTS) is 1. The van der Waals surface area contributed by atoms with Crippen molar-refractivity contribution < 1.29 is 14.6 Å². The van der Waals surface area contributed by atoms with Gasteiger partial charge in [0.15, 0.2) is 0 Å². The Balaban J connectivity index is 2.38. The van der Waals surface area contributed by atoms with Crippen molar-refractivity contribution >= 4 is 11.8 Å². The minimum atomic E-state index is -0.936. The van der Waals surface area contributed by atoms with Gasteiger partial charge in [-0.2, -0.15) is 0 Å². The molecular weight excluding hydrogens is 232 g/mol. The van der Waals surface area contributed by atoms with Gasteiger partial charge >= 0.3 is 5.97 Å². The predicted molar refractivity (Wildman–Crippen MR) is 68.2 cm³/mol. The lowest BCUT2D eigenvalue weighted by molar-refractivity contribution is 0.0695. The highest BCUT2D eigenvalue weighted by Crippen LogP contribution is 2.26. The van der Waals surface area contributed by atoms with Crippen molar-refractivity contribution in [1.29, 1.82) is 0 Å². The standard InChI is InChI=1S/C13H18N2O3/c1-8-4-6-14-12(11(8)13(16)17)15(3)10-5-7-18-9(10)2/h4,6,9-10H,5,7H2,1-3H3,(H,16,17). The first-order chi connectivity index (χ1) is 8.52. The van der Waals surface area contributed by atoms with E-state index in [9.17, 15) is 9.90 Å². The summed E-state index contributed by atoms with van der Waals surface area (Å²) in [6, 6.07) is 1.90. The molecule has 1 aliphatic rings. The van der Waals surface area contributed by atoms with Crippen LogP contribution in [-0.4, -0.2) is 41.9 Å². The van der Waals surface area contributed by atoms with Crippen molar-refractivity contribution in [3.05, 3.63) is 23.4 Å². The monoisotopic (exact) mass is 250 g/mol. The van der Waals surface area contributed by atoms with Crippen LogP contribution in [0.25, 0.3) is 0 Å². The Morgan fingerprint density at radius 1 is 1.61 bits per heavy atom. The number of aryl methyl sites for hydroxylation is 1. The molecule has 1 saturated heterocycles. The van der Waals surface area contributed by atoms with Crippen LogP contribution >= 0.6 is 0 Å². The highest BCUT2D eigenvalue weighted by molar-refractivity contribution is 5.95. The Labute approximate surface area is 106 Å². The molecule has 0 saturated carbocycles. The normalized spacial score (nSPS) is 23.1. The van der Waals surface area contributed by atoms with E-state index in [4.69, 9.17) is 4.74 Å². The van der Waals surface area contributed by atoms with Crippen LogP contribution in [0.1, 0.15) is 29.3 Å². The van der Waals surface area contributed by atoms with Crippen LogP contribution in [0, 0.1) is 6.92 Å². The van der Waals surface area contributed by atoms with E-state index in [1.54, 1.807) is 19.2 Å². The summed E-state index contributed by atoms with van der Waals surface area (Å²) in [5.41, 5.74) is 1.00. The first-order valence-corrected chi connectivity index (χ1v) is 6.05. The fourth-order valence-electron chi connectivity index (χ4n) is 2.46. The Morgan fingerprint density at radius 2 is 2.33 bits per heavy atom. The third-order valence-electron chi connectivity index (χ3n) is 3.52. The summed E-state index contributed by atoms with van der Waals surface area (Å²) < 4.78 is 5.52. The maximum Gasteiger partial charge on any atom is 0.339 e. The van der Waals surface area contributed by atoms with E-state index < -0.39 is 5.97 Å². The number of aromatic nitrogens is 1. The number of carboxylic acids is 1. The molecule has 2 rings (SSSR count). The van der Waals surface area contributed by atoms with Gasteiger partial charge in [-0.1, -0.05) is 0 Å². The van der Waals surface area contributed by atoms with E-state index in [1.165, 1.54) is 0 Å². The number of nitrogens with zero attached hydrogens (tertiary/aromatic N) is 2. The highest BCUT2D eigenvalue weighted by atomic mass is 16.5. The molecule has 0 bridgehead atoms. The van der Waals surface area contributed by atoms with Crippen molar-refractivity contribution in [3.63, 3.8) is 0 Å². The van der Waals surface area contributed by atoms with Crippen LogP contribution < -0.4 is 4.90 Å². The second-order valence-corrected chi connectivity index (χ2v) is 4.67. The number of aromatic carboxylic acids is 1. The molecule has 18 heavy (non-hydrogen) atoms. The maximum atomic E-state index is 11.3. The third kappa shape index (κ3) is 2.18. The quantitative estimate of drug-likeness (QED) is 0.884. The van der Waals surface area contributed by atoms with Gasteiger partial charge in [0, 0.05) is 19.9 Å². The average molecular weight is 250 g/mol. The fourth-order valence-corrected chi connectivity index (χ4v) is 2.46. The van der Waals surface area contributed by atoms with Crippen LogP contribution in [0.4, 0.5) is 5.82 Å². The number of anilines is 1. The molecule has 2 unspecified atom stereocenters. The minimum absolute atomic E-state index is 0.0963. The Hall–Kier alpha value is -1.62. The molecule has 5 nitrogen and oxygen atoms in total. The largest absolute Gasteiger partial charge is 0.478 e. The molecule has 2 atom stereocenters. The predicted octanol–water partition coefficient (Wildman–Crippen LogP) is 1.70. The van der Waals surface area contributed by atoms with E-state index in [0.717, 1.165) is 12.0 Å². The molecule has 0 amide bonds. The summed E-state index contributed by atoms with van der Waals surface area (Å²) in [5.74, 6) is -0.418. The molecule has 0 aromatic carbocycles. The zero-order chi connectivity index (χ0) is 13.3. The Morgan fingerprint density at radius 3 is 2.89 bits per heavy atom. The van der Waals surface area contributed by atoms with Crippen molar-refractivity contribution in [2.45, 2.75) is 32.4 Å². The van der Waals surface area contributed by atoms with E-state index in [0.29, 0.717) is 12.4 Å². The molecule has 1 aromatic rings. The number of ether oxygens (including phenoxy) is 1. The third-order valence-corrected chi connectivity index (χ3v) is 3.52. The van der Waals surface area contributed by atoms with Crippen molar-refractivity contribution in [2.24, 2.45) is 0 Å². The molecule has 5 heteroatoms. The fraction of sp³-hybridized carbons (Fsp3) is 0.538. The zero-order valence-electron chi connectivity index (χ0n) is 10.9. The van der Waals surface area contributed by atoms with Gasteiger partial charge in [0.1, 0.15) is 11.4 Å². The van der Waals surface area contributed by atoms with Gasteiger partial charge in [-0.15, -0.1) is 0 Å². The molecule has 1 fully saturated rings. The lowest BCUT2D eigenvalue weighted by Crippen LogP contribution is -2.38. The van der Waals surface area contributed by atoms with E-state index >= 15 is 0 Å². The summed E-state index contributed by atoms with van der Waals surface area (Å²) in [4.78, 5) is 17.5. The molecule has 0 aliphatic carbocycles. The summed E-state index contributed by atoms with van der Waals surface area (Å²) in [7, 11) is 1.88. The van der Waals surface area contributed by atoms with Gasteiger partial charge in [0.2, 0.25) is 0 Å². The molecule has 0 spiro atoms. The molecule has 2 heterocycles. The van der Waals surface area contributed by atoms with Gasteiger partial charge < -0.3 is 14.7 Å². The number of pyridine rings is 1. The van der Waals surface area contributed by atoms with Gasteiger partial charge in [0.25, 0.3) is 0 Å². The van der Waals surface area contributed by atoms with Crippen LogP contribution in [0.5, 0.6) is 0 Å².